The van der Waals surface area contributed by atoms with Crippen molar-refractivity contribution >= 4 is 17.8 Å². The summed E-state index contributed by atoms with van der Waals surface area (Å²) < 4.78 is 0. The summed E-state index contributed by atoms with van der Waals surface area (Å²) in [5.74, 6) is -0.0735. The molecule has 0 bridgehead atoms. The number of hydrogen-bond acceptors (Lipinski definition) is 4. The first-order valence-corrected chi connectivity index (χ1v) is 11.6. The molecule has 1 spiro atoms. The van der Waals surface area contributed by atoms with Crippen LogP contribution in [-0.4, -0.2) is 76.8 Å². The molecule has 0 aromatic heterocycles. The highest BCUT2D eigenvalue weighted by atomic mass is 16.2. The molecule has 3 aliphatic heterocycles. The topological polar surface area (TPSA) is 73.0 Å². The van der Waals surface area contributed by atoms with Crippen LogP contribution in [0.5, 0.6) is 0 Å². The lowest BCUT2D eigenvalue weighted by Crippen LogP contribution is -2.56. The molecule has 3 aliphatic rings. The van der Waals surface area contributed by atoms with E-state index in [1.165, 1.54) is 10.5 Å². The van der Waals surface area contributed by atoms with Gasteiger partial charge in [0.2, 0.25) is 5.91 Å². The number of imide groups is 1. The second-order valence-electron chi connectivity index (χ2n) is 9.50. The fraction of sp³-hybridized carbons (Fsp3) is 0.625. The summed E-state index contributed by atoms with van der Waals surface area (Å²) in [5.41, 5.74) is 0.544. The quantitative estimate of drug-likeness (QED) is 0.733. The van der Waals surface area contributed by atoms with Crippen LogP contribution >= 0.6 is 0 Å². The summed E-state index contributed by atoms with van der Waals surface area (Å²) in [6, 6.07) is 9.92. The Morgan fingerprint density at radius 2 is 1.84 bits per heavy atom. The lowest BCUT2D eigenvalue weighted by Gasteiger charge is -2.39. The van der Waals surface area contributed by atoms with E-state index in [2.05, 4.69) is 34.5 Å². The molecule has 0 saturated carbocycles. The number of piperidine rings is 2. The van der Waals surface area contributed by atoms with Gasteiger partial charge in [0, 0.05) is 38.6 Å². The zero-order valence-electron chi connectivity index (χ0n) is 18.7. The van der Waals surface area contributed by atoms with Crippen molar-refractivity contribution in [3.8, 4) is 0 Å². The average Bonchev–Trinajstić information content (AvgIpc) is 3.02. The minimum atomic E-state index is -0.773. The van der Waals surface area contributed by atoms with Crippen LogP contribution in [0.25, 0.3) is 0 Å². The van der Waals surface area contributed by atoms with E-state index in [-0.39, 0.29) is 29.8 Å². The maximum atomic E-state index is 13.4. The van der Waals surface area contributed by atoms with Crippen LogP contribution in [0.3, 0.4) is 0 Å². The maximum absolute atomic E-state index is 13.4. The highest BCUT2D eigenvalue weighted by Gasteiger charge is 2.54. The van der Waals surface area contributed by atoms with Gasteiger partial charge in [0.15, 0.2) is 0 Å². The van der Waals surface area contributed by atoms with E-state index in [9.17, 15) is 14.4 Å². The molecule has 0 unspecified atom stereocenters. The smallest absolute Gasteiger partial charge is 0.325 e. The van der Waals surface area contributed by atoms with Gasteiger partial charge in [-0.25, -0.2) is 4.79 Å². The van der Waals surface area contributed by atoms with Crippen molar-refractivity contribution in [1.29, 1.82) is 0 Å². The Bertz CT molecular complexity index is 817. The summed E-state index contributed by atoms with van der Waals surface area (Å²) in [5, 5.41) is 3.03. The minimum Gasteiger partial charge on any atom is -0.340 e. The van der Waals surface area contributed by atoms with Crippen LogP contribution in [0.1, 0.15) is 45.1 Å². The van der Waals surface area contributed by atoms with Crippen molar-refractivity contribution in [3.63, 3.8) is 0 Å². The van der Waals surface area contributed by atoms with E-state index in [1.54, 1.807) is 0 Å². The van der Waals surface area contributed by atoms with Gasteiger partial charge in [-0.05, 0) is 37.7 Å². The predicted molar refractivity (Wildman–Crippen MR) is 118 cm³/mol. The first kappa shape index (κ1) is 21.8. The van der Waals surface area contributed by atoms with E-state index in [1.807, 2.05) is 24.8 Å². The molecule has 3 heterocycles. The molecule has 1 atom stereocenters. The van der Waals surface area contributed by atoms with E-state index >= 15 is 0 Å². The highest BCUT2D eigenvalue weighted by Crippen LogP contribution is 2.32. The number of urea groups is 1. The second kappa shape index (κ2) is 8.99. The normalized spacial score (nSPS) is 24.2. The van der Waals surface area contributed by atoms with Gasteiger partial charge in [-0.3, -0.25) is 14.5 Å². The monoisotopic (exact) mass is 426 g/mol. The minimum absolute atomic E-state index is 0.0755. The van der Waals surface area contributed by atoms with Crippen molar-refractivity contribution in [3.05, 3.63) is 35.9 Å². The lowest BCUT2D eigenvalue weighted by atomic mass is 9.87. The molecule has 4 amide bonds. The molecule has 0 aliphatic carbocycles. The third-order valence-electron chi connectivity index (χ3n) is 7.03. The molecule has 7 heteroatoms. The molecule has 3 fully saturated rings. The van der Waals surface area contributed by atoms with Crippen LogP contribution in [0.4, 0.5) is 4.79 Å². The van der Waals surface area contributed by atoms with Crippen LogP contribution in [0, 0.1) is 5.92 Å². The standard InChI is InChI=1S/C24H34N4O3/c1-18(2)21(29)27-13-6-9-20(17-27)28-22(30)24(25-23(28)31)11-15-26(16-12-24)14-10-19-7-4-3-5-8-19/h3-5,7-8,18,20H,6,9-17H2,1-2H3,(H,25,31)/t20-/m1/s1. The maximum Gasteiger partial charge on any atom is 0.325 e. The Labute approximate surface area is 184 Å². The zero-order chi connectivity index (χ0) is 22.0. The predicted octanol–water partition coefficient (Wildman–Crippen LogP) is 2.26. The average molecular weight is 427 g/mol. The second-order valence-corrected chi connectivity index (χ2v) is 9.50. The van der Waals surface area contributed by atoms with Crippen molar-refractivity contribution in [2.24, 2.45) is 5.92 Å². The van der Waals surface area contributed by atoms with Crippen molar-refractivity contribution in [2.75, 3.05) is 32.7 Å². The molecule has 7 nitrogen and oxygen atoms in total. The van der Waals surface area contributed by atoms with E-state index in [0.29, 0.717) is 25.9 Å². The molecular formula is C24H34N4O3. The molecule has 4 rings (SSSR count). The molecule has 3 saturated heterocycles. The van der Waals surface area contributed by atoms with E-state index < -0.39 is 5.54 Å². The molecule has 1 aromatic rings. The Hall–Kier alpha value is -2.41. The number of benzene rings is 1. The molecule has 168 valence electrons. The Morgan fingerprint density at radius 3 is 2.52 bits per heavy atom. The number of hydrogen-bond donors (Lipinski definition) is 1. The zero-order valence-corrected chi connectivity index (χ0v) is 18.7. The van der Waals surface area contributed by atoms with E-state index in [0.717, 1.165) is 38.9 Å². The summed E-state index contributed by atoms with van der Waals surface area (Å²) in [6.07, 6.45) is 3.86. The first-order valence-electron chi connectivity index (χ1n) is 11.6. The summed E-state index contributed by atoms with van der Waals surface area (Å²) in [7, 11) is 0. The van der Waals surface area contributed by atoms with Gasteiger partial charge >= 0.3 is 6.03 Å². The number of carbonyl (C=O) groups is 3. The van der Waals surface area contributed by atoms with Gasteiger partial charge in [-0.15, -0.1) is 0 Å². The van der Waals surface area contributed by atoms with Crippen LogP contribution in [0.2, 0.25) is 0 Å². The van der Waals surface area contributed by atoms with Gasteiger partial charge < -0.3 is 15.1 Å². The number of carbonyl (C=O) groups excluding carboxylic acids is 3. The third-order valence-corrected chi connectivity index (χ3v) is 7.03. The van der Waals surface area contributed by atoms with Crippen molar-refractivity contribution < 1.29 is 14.4 Å². The molecule has 31 heavy (non-hydrogen) atoms. The van der Waals surface area contributed by atoms with Crippen molar-refractivity contribution in [1.82, 2.24) is 20.0 Å². The third kappa shape index (κ3) is 4.47. The van der Waals surface area contributed by atoms with Crippen LogP contribution in [0.15, 0.2) is 30.3 Å². The largest absolute Gasteiger partial charge is 0.340 e. The number of rotatable bonds is 5. The van der Waals surface area contributed by atoms with Crippen molar-refractivity contribution in [2.45, 2.75) is 57.5 Å². The SMILES string of the molecule is CC(C)C(=O)N1CCC[C@@H](N2C(=O)NC3(CCN(CCc4ccccc4)CC3)C2=O)C1. The van der Waals surface area contributed by atoms with Gasteiger partial charge in [0.05, 0.1) is 6.04 Å². The lowest BCUT2D eigenvalue weighted by molar-refractivity contribution is -0.140. The summed E-state index contributed by atoms with van der Waals surface area (Å²) in [4.78, 5) is 44.3. The Morgan fingerprint density at radius 1 is 1.13 bits per heavy atom. The van der Waals surface area contributed by atoms with Gasteiger partial charge in [-0.1, -0.05) is 44.2 Å². The van der Waals surface area contributed by atoms with Gasteiger partial charge in [0.25, 0.3) is 5.91 Å². The fourth-order valence-electron chi connectivity index (χ4n) is 5.13. The number of amides is 4. The fourth-order valence-corrected chi connectivity index (χ4v) is 5.13. The molecular weight excluding hydrogens is 392 g/mol. The Balaban J connectivity index is 1.35. The van der Waals surface area contributed by atoms with Gasteiger partial charge in [-0.2, -0.15) is 0 Å². The number of nitrogens with one attached hydrogen (secondary N) is 1. The summed E-state index contributed by atoms with van der Waals surface area (Å²) >= 11 is 0. The highest BCUT2D eigenvalue weighted by molar-refractivity contribution is 6.07. The Kier molecular flexibility index (Phi) is 6.32. The first-order chi connectivity index (χ1) is 14.9. The summed E-state index contributed by atoms with van der Waals surface area (Å²) in [6.45, 7) is 7.50. The number of nitrogens with zero attached hydrogens (tertiary/aromatic N) is 3. The number of likely N-dealkylation sites (tertiary alicyclic amines) is 2. The molecule has 1 aromatic carbocycles. The van der Waals surface area contributed by atoms with Crippen LogP contribution in [-0.2, 0) is 16.0 Å². The van der Waals surface area contributed by atoms with Crippen LogP contribution < -0.4 is 5.32 Å². The molecule has 0 radical (unpaired) electrons. The van der Waals surface area contributed by atoms with Gasteiger partial charge in [0.1, 0.15) is 5.54 Å². The van der Waals surface area contributed by atoms with E-state index in [4.69, 9.17) is 0 Å². The molecule has 1 N–H and O–H groups in total.